The second kappa shape index (κ2) is 30.0. The van der Waals surface area contributed by atoms with Gasteiger partial charge in [0, 0.05) is 93.2 Å². The maximum atomic E-state index is 12.0. The predicted octanol–water partition coefficient (Wildman–Crippen LogP) is 7.16. The highest BCUT2D eigenvalue weighted by molar-refractivity contribution is 7.90. The average molecular weight is 1520 g/mol. The zero-order chi connectivity index (χ0) is 75.9. The number of carbonyl (C=O) groups is 5. The molecular formula is C74H71ClN26O8S. The maximum absolute atomic E-state index is 12.0. The number of sulfone groups is 1. The lowest BCUT2D eigenvalue weighted by Gasteiger charge is -2.09. The summed E-state index contributed by atoms with van der Waals surface area (Å²) in [6, 6.07) is 31.8. The maximum Gasteiger partial charge on any atom is 0.252 e. The summed E-state index contributed by atoms with van der Waals surface area (Å²) in [6.07, 6.45) is 22.7. The summed E-state index contributed by atoms with van der Waals surface area (Å²) in [4.78, 5) is 74.9. The fourth-order valence-corrected chi connectivity index (χ4v) is 12.9. The minimum Gasteiger partial charge on any atom is -0.460 e. The Balaban J connectivity index is 0.000000125. The number of hydrogen-bond acceptors (Lipinski definition) is 22. The molecule has 3 saturated carbocycles. The van der Waals surface area contributed by atoms with Crippen LogP contribution >= 0.6 is 11.6 Å². The van der Waals surface area contributed by atoms with Gasteiger partial charge < -0.3 is 35.9 Å². The first-order valence-corrected chi connectivity index (χ1v) is 37.9. The van der Waals surface area contributed by atoms with Gasteiger partial charge >= 0.3 is 0 Å². The number of furan rings is 1. The van der Waals surface area contributed by atoms with E-state index in [0.29, 0.717) is 112 Å². The van der Waals surface area contributed by atoms with Crippen LogP contribution in [0.15, 0.2) is 157 Å². The van der Waals surface area contributed by atoms with E-state index >= 15 is 0 Å². The van der Waals surface area contributed by atoms with Crippen molar-refractivity contribution in [1.82, 2.24) is 113 Å². The topological polar surface area (TPSA) is 395 Å². The summed E-state index contributed by atoms with van der Waals surface area (Å²) in [5, 5.41) is 58.7. The molecule has 5 amide bonds. The summed E-state index contributed by atoms with van der Waals surface area (Å²) < 4.78 is 40.9. The van der Waals surface area contributed by atoms with E-state index in [1.54, 1.807) is 76.3 Å². The smallest absolute Gasteiger partial charge is 0.252 e. The Morgan fingerprint density at radius 1 is 0.518 bits per heavy atom. The SMILES string of the molecule is CN(C)C(=O)Cn1cc(-c2ccc3nnc(Cc4ccc5nc(NC(=O)C6CC6)cn5n4)n3c2)cn1.CNC(=O)c1ccc(-c2ccc3nnc(Cc4ccc5nc(NC(=O)C6CC6)cn5n4)n3c2)cc1Cl.CS(=O)(=O)CCNCc1ccc(-c2ccc3nnc(Cc4ccc5nc(NC(=O)C6CC6)cn5n4)n3c2)o1. The van der Waals surface area contributed by atoms with E-state index in [-0.39, 0.29) is 59.6 Å². The van der Waals surface area contributed by atoms with Crippen LogP contribution in [0.1, 0.15) is 89.2 Å². The molecule has 5 N–H and O–H groups in total. The number of benzene rings is 1. The summed E-state index contributed by atoms with van der Waals surface area (Å²) in [5.41, 5.74) is 11.3. The molecule has 34 nitrogen and oxygen atoms in total. The van der Waals surface area contributed by atoms with E-state index in [4.69, 9.17) is 16.0 Å². The molecule has 0 bridgehead atoms. The fourth-order valence-electron chi connectivity index (χ4n) is 12.1. The molecule has 0 saturated heterocycles. The Kier molecular flexibility index (Phi) is 19.4. The van der Waals surface area contributed by atoms with Crippen LogP contribution < -0.4 is 26.6 Å². The third-order valence-electron chi connectivity index (χ3n) is 18.6. The highest BCUT2D eigenvalue weighted by Gasteiger charge is 2.32. The second-order valence-corrected chi connectivity index (χ2v) is 30.1. The normalized spacial score (nSPS) is 13.5. The Labute approximate surface area is 630 Å². The Hall–Kier alpha value is -13.0. The molecule has 110 heavy (non-hydrogen) atoms. The minimum atomic E-state index is -3.01. The molecule has 0 aliphatic heterocycles. The first kappa shape index (κ1) is 71.2. The van der Waals surface area contributed by atoms with Gasteiger partial charge in [-0.3, -0.25) is 41.9 Å². The molecule has 1 aromatic carbocycles. The number of carbonyl (C=O) groups excluding carboxylic acids is 5. The number of rotatable bonds is 23. The van der Waals surface area contributed by atoms with Gasteiger partial charge in [0.15, 0.2) is 51.3 Å². The minimum absolute atomic E-state index is 0.00579. The van der Waals surface area contributed by atoms with Crippen molar-refractivity contribution in [2.45, 2.75) is 70.9 Å². The van der Waals surface area contributed by atoms with Crippen molar-refractivity contribution < 1.29 is 36.8 Å². The van der Waals surface area contributed by atoms with Crippen molar-refractivity contribution in [2.75, 3.05) is 55.6 Å². The van der Waals surface area contributed by atoms with Crippen LogP contribution in [0.2, 0.25) is 5.02 Å². The van der Waals surface area contributed by atoms with E-state index < -0.39 is 9.84 Å². The Morgan fingerprint density at radius 3 is 1.39 bits per heavy atom. The van der Waals surface area contributed by atoms with Crippen molar-refractivity contribution in [2.24, 2.45) is 17.8 Å². The van der Waals surface area contributed by atoms with Crippen LogP contribution in [0.3, 0.4) is 0 Å². The number of pyridine rings is 3. The molecule has 3 aliphatic carbocycles. The third kappa shape index (κ3) is 16.4. The van der Waals surface area contributed by atoms with Gasteiger partial charge in [-0.2, -0.15) is 20.4 Å². The summed E-state index contributed by atoms with van der Waals surface area (Å²) >= 11 is 6.35. The zero-order valence-electron chi connectivity index (χ0n) is 59.8. The molecule has 0 radical (unpaired) electrons. The summed E-state index contributed by atoms with van der Waals surface area (Å²) in [7, 11) is 2.01. The molecular weight excluding hydrogens is 1450 g/mol. The number of imidazole rings is 3. The molecule has 0 spiro atoms. The predicted molar refractivity (Wildman–Crippen MR) is 403 cm³/mol. The fraction of sp³-hybridized carbons (Fsp3) is 0.270. The van der Waals surface area contributed by atoms with Gasteiger partial charge in [0.25, 0.3) is 5.91 Å². The zero-order valence-corrected chi connectivity index (χ0v) is 61.4. The number of nitrogens with zero attached hydrogens (tertiary/aromatic N) is 21. The lowest BCUT2D eigenvalue weighted by Crippen LogP contribution is -2.26. The molecule has 558 valence electrons. The first-order valence-electron chi connectivity index (χ1n) is 35.4. The van der Waals surface area contributed by atoms with E-state index in [0.717, 1.165) is 94.9 Å². The molecule has 14 aromatic heterocycles. The van der Waals surface area contributed by atoms with E-state index in [1.807, 2.05) is 129 Å². The molecule has 18 rings (SSSR count). The molecule has 3 fully saturated rings. The number of likely N-dealkylation sites (N-methyl/N-ethyl adjacent to an activating group) is 1. The average Bonchev–Trinajstić information content (AvgIpc) is 0.964. The highest BCUT2D eigenvalue weighted by Crippen LogP contribution is 2.33. The standard InChI is InChI=1S/C25H21ClN8O2.C25H26N8O4S.C24H24N10O2/c1-27-25(36)18-7-4-15(10-19(18)26)16-5-8-22-30-31-23(33(22)12-16)11-17-6-9-21-28-20(13-34(21)32-17)29-24(35)14-2-3-14;1-38(35,36)11-10-26-13-19-6-7-20(37-19)17-4-8-23-29-30-24(32(23)14-17)12-18-5-9-22-27-21(15-33(22)31-18)28-25(34)16-2-3-16;1-31(2)23(35)14-32-11-17(10-25-32)16-5-7-21-28-29-22(33(21)12-16)9-18-6-8-20-26-19(13-34(20)30-18)27-24(36)15-3-4-15/h4-10,12-14H,2-3,11H2,1H3,(H,27,36)(H,29,35);4-9,14-16,26H,2-3,10-13H2,1H3,(H,28,34);5-8,10-13,15H,3-4,9,14H2,1-2H3,(H,27,36). The van der Waals surface area contributed by atoms with E-state index in [9.17, 15) is 32.4 Å². The number of aromatic nitrogens is 20. The number of hydrogen-bond donors (Lipinski definition) is 5. The monoisotopic (exact) mass is 1520 g/mol. The lowest BCUT2D eigenvalue weighted by molar-refractivity contribution is -0.129. The number of nitrogens with one attached hydrogen (secondary N) is 5. The van der Waals surface area contributed by atoms with Gasteiger partial charge in [-0.1, -0.05) is 17.7 Å². The van der Waals surface area contributed by atoms with Crippen LogP contribution in [0.4, 0.5) is 17.5 Å². The van der Waals surface area contributed by atoms with Gasteiger partial charge in [0.1, 0.15) is 45.4 Å². The van der Waals surface area contributed by atoms with Crippen molar-refractivity contribution in [3.8, 4) is 33.6 Å². The van der Waals surface area contributed by atoms with Gasteiger partial charge in [-0.15, -0.1) is 30.6 Å². The van der Waals surface area contributed by atoms with Gasteiger partial charge in [-0.25, -0.2) is 36.9 Å². The van der Waals surface area contributed by atoms with Crippen LogP contribution in [0, 0.1) is 17.8 Å². The largest absolute Gasteiger partial charge is 0.460 e. The molecule has 0 unspecified atom stereocenters. The summed E-state index contributed by atoms with van der Waals surface area (Å²) in [6.45, 7) is 0.978. The molecule has 3 aliphatic rings. The Morgan fingerprint density at radius 2 is 0.955 bits per heavy atom. The van der Waals surface area contributed by atoms with Crippen molar-refractivity contribution >= 4 is 102 Å². The first-order chi connectivity index (χ1) is 53.2. The van der Waals surface area contributed by atoms with Crippen LogP contribution in [0.25, 0.3) is 67.5 Å². The van der Waals surface area contributed by atoms with Crippen molar-refractivity contribution in [1.29, 1.82) is 0 Å². The number of amides is 5. The van der Waals surface area contributed by atoms with Crippen molar-refractivity contribution in [3.05, 3.63) is 204 Å². The number of halogens is 1. The van der Waals surface area contributed by atoms with Crippen LogP contribution in [0.5, 0.6) is 0 Å². The summed E-state index contributed by atoms with van der Waals surface area (Å²) in [5.74, 6) is 5.21. The van der Waals surface area contributed by atoms with Gasteiger partial charge in [0.05, 0.1) is 84.0 Å². The number of fused-ring (bicyclic) bond motifs is 6. The van der Waals surface area contributed by atoms with E-state index in [2.05, 4.69) is 92.5 Å². The lowest BCUT2D eigenvalue weighted by atomic mass is 10.1. The van der Waals surface area contributed by atoms with Crippen LogP contribution in [-0.4, -0.2) is 180 Å². The number of anilines is 3. The molecule has 15 aromatic rings. The quantitative estimate of drug-likeness (QED) is 0.0396. The highest BCUT2D eigenvalue weighted by atomic mass is 35.5. The van der Waals surface area contributed by atoms with Gasteiger partial charge in [-0.05, 0) is 147 Å². The van der Waals surface area contributed by atoms with E-state index in [1.165, 1.54) is 11.2 Å². The second-order valence-electron chi connectivity index (χ2n) is 27.4. The molecule has 14 heterocycles. The van der Waals surface area contributed by atoms with Gasteiger partial charge in [0.2, 0.25) is 23.6 Å². The molecule has 0 atom stereocenters. The Bertz CT molecular complexity index is 6190. The third-order valence-corrected chi connectivity index (χ3v) is 19.9. The van der Waals surface area contributed by atoms with Crippen molar-refractivity contribution in [3.63, 3.8) is 0 Å². The molecule has 36 heteroatoms. The van der Waals surface area contributed by atoms with Crippen LogP contribution in [-0.2, 0) is 61.4 Å².